The second-order valence-corrected chi connectivity index (χ2v) is 5.89. The Hall–Kier alpha value is -0.760. The van der Waals surface area contributed by atoms with Crippen LogP contribution in [-0.2, 0) is 15.7 Å². The summed E-state index contributed by atoms with van der Waals surface area (Å²) in [6.07, 6.45) is 1.02. The van der Waals surface area contributed by atoms with Gasteiger partial charge >= 0.3 is 0 Å². The van der Waals surface area contributed by atoms with Gasteiger partial charge < -0.3 is 0 Å². The van der Waals surface area contributed by atoms with Crippen LogP contribution in [0.1, 0.15) is 19.4 Å². The molecule has 0 amide bonds. The topological polar surface area (TPSA) is 17.1 Å². The normalized spacial score (nSPS) is 9.33. The molecule has 15 heavy (non-hydrogen) atoms. The van der Waals surface area contributed by atoms with Crippen LogP contribution in [0.4, 0.5) is 0 Å². The van der Waals surface area contributed by atoms with Crippen molar-refractivity contribution in [3.05, 3.63) is 35.9 Å². The average molecular weight is 225 g/mol. The monoisotopic (exact) mass is 225 g/mol. The van der Waals surface area contributed by atoms with Gasteiger partial charge in [0.05, 0.1) is 0 Å². The Bertz CT molecular complexity index is 242. The quantitative estimate of drug-likeness (QED) is 0.569. The zero-order valence-corrected chi connectivity index (χ0v) is 10.7. The molecule has 1 aromatic rings. The van der Waals surface area contributed by atoms with E-state index >= 15 is 0 Å². The Balaban J connectivity index is 0.000000262. The summed E-state index contributed by atoms with van der Waals surface area (Å²) in [5.41, 5.74) is 1.32. The van der Waals surface area contributed by atoms with Crippen LogP contribution in [-0.4, -0.2) is 23.5 Å². The molecule has 0 saturated carbocycles. The van der Waals surface area contributed by atoms with Gasteiger partial charge in [0, 0.05) is 0 Å². The fourth-order valence-corrected chi connectivity index (χ4v) is 2.14. The predicted molar refractivity (Wildman–Crippen MR) is 70.6 cm³/mol. The van der Waals surface area contributed by atoms with Gasteiger partial charge in [-0.1, -0.05) is 35.9 Å². The Morgan fingerprint density at radius 2 is 1.67 bits per heavy atom. The third kappa shape index (κ3) is 8.25. The molecule has 0 aromatic heterocycles. The highest BCUT2D eigenvalue weighted by Gasteiger charge is 2.08. The van der Waals surface area contributed by atoms with Crippen LogP contribution in [0.15, 0.2) is 30.3 Å². The van der Waals surface area contributed by atoms with E-state index in [2.05, 4.69) is 32.9 Å². The van der Waals surface area contributed by atoms with Gasteiger partial charge in [-0.05, 0) is 31.7 Å². The maximum absolute atomic E-state index is 9.94. The minimum absolute atomic E-state index is 0.394. The van der Waals surface area contributed by atoms with E-state index in [1.54, 1.807) is 0 Å². The van der Waals surface area contributed by atoms with Gasteiger partial charge in [0.2, 0.25) is 0 Å². The summed E-state index contributed by atoms with van der Waals surface area (Å²) in [5, 5.41) is 0. The molecule has 0 heterocycles. The summed E-state index contributed by atoms with van der Waals surface area (Å²) in [4.78, 5) is 9.94. The zero-order valence-electron chi connectivity index (χ0n) is 9.90. The molecular weight excluding hydrogens is 204 g/mol. The fourth-order valence-electron chi connectivity index (χ4n) is 1.07. The molecule has 1 nitrogen and oxygen atoms in total. The van der Waals surface area contributed by atoms with Crippen molar-refractivity contribution < 1.29 is 4.79 Å². The van der Waals surface area contributed by atoms with E-state index in [9.17, 15) is 4.79 Å². The number of hydrogen-bond acceptors (Lipinski definition) is 1. The maximum atomic E-state index is 9.94. The Labute approximate surface area is 96.2 Å². The van der Waals surface area contributed by atoms with Crippen LogP contribution in [0.2, 0.25) is 0 Å². The van der Waals surface area contributed by atoms with Crippen molar-refractivity contribution in [2.75, 3.05) is 17.3 Å². The van der Waals surface area contributed by atoms with Crippen LogP contribution < -0.4 is 0 Å². The lowest BCUT2D eigenvalue weighted by molar-refractivity contribution is -0.105. The number of benzene rings is 1. The van der Waals surface area contributed by atoms with Crippen molar-refractivity contribution in [1.82, 2.24) is 0 Å². The fraction of sp³-hybridized carbons (Fsp3) is 0.462. The van der Waals surface area contributed by atoms with Gasteiger partial charge in [0.1, 0.15) is 11.5 Å². The van der Waals surface area contributed by atoms with Crippen LogP contribution in [0.3, 0.4) is 0 Å². The molecule has 0 aliphatic rings. The summed E-state index contributed by atoms with van der Waals surface area (Å²) in [6.45, 7) is 6.35. The summed E-state index contributed by atoms with van der Waals surface area (Å²) in [5.74, 6) is 3.09. The zero-order chi connectivity index (χ0) is 11.5. The van der Waals surface area contributed by atoms with Gasteiger partial charge in [0.15, 0.2) is 12.0 Å². The second kappa shape index (κ2) is 9.78. The lowest BCUT2D eigenvalue weighted by Crippen LogP contribution is -2.12. The van der Waals surface area contributed by atoms with E-state index in [4.69, 9.17) is 0 Å². The molecule has 1 rings (SSSR count). The molecular formula is C13H21OS+. The summed E-state index contributed by atoms with van der Waals surface area (Å²) in [6, 6.07) is 10.3. The minimum Gasteiger partial charge on any atom is -0.298 e. The Morgan fingerprint density at radius 3 is 1.87 bits per heavy atom. The maximum Gasteiger partial charge on any atom is 0.169 e. The second-order valence-electron chi connectivity index (χ2n) is 3.18. The SMILES string of the molecule is CC[S+](CC)CC=O.Cc1ccccc1. The molecule has 0 aliphatic carbocycles. The number of aryl methyl sites for hydroxylation is 1. The first kappa shape index (κ1) is 14.2. The van der Waals surface area contributed by atoms with E-state index in [-0.39, 0.29) is 0 Å². The Morgan fingerprint density at radius 1 is 1.13 bits per heavy atom. The number of aldehydes is 1. The molecule has 0 bridgehead atoms. The third-order valence-corrected chi connectivity index (χ3v) is 4.30. The van der Waals surface area contributed by atoms with Crippen LogP contribution in [0.5, 0.6) is 0 Å². The highest BCUT2D eigenvalue weighted by Crippen LogP contribution is 1.92. The molecule has 1 aromatic carbocycles. The molecule has 84 valence electrons. The van der Waals surface area contributed by atoms with Gasteiger partial charge in [-0.25, -0.2) is 0 Å². The molecule has 0 spiro atoms. The van der Waals surface area contributed by atoms with Gasteiger partial charge in [-0.2, -0.15) is 0 Å². The van der Waals surface area contributed by atoms with Gasteiger partial charge in [-0.3, -0.25) is 4.79 Å². The molecule has 0 unspecified atom stereocenters. The molecule has 2 heteroatoms. The molecule has 0 radical (unpaired) electrons. The standard InChI is InChI=1S/C7H8.C6H13OS/c1-7-5-3-2-4-6-7;1-3-8(4-2)6-5-7/h2-6H,1H3;5H,3-4,6H2,1-2H3/q;+1. The lowest BCUT2D eigenvalue weighted by atomic mass is 10.2. The number of rotatable bonds is 4. The van der Waals surface area contributed by atoms with Crippen LogP contribution in [0, 0.1) is 6.92 Å². The van der Waals surface area contributed by atoms with Crippen molar-refractivity contribution in [1.29, 1.82) is 0 Å². The van der Waals surface area contributed by atoms with Crippen LogP contribution in [0.25, 0.3) is 0 Å². The number of hydrogen-bond donors (Lipinski definition) is 0. The van der Waals surface area contributed by atoms with Crippen molar-refractivity contribution in [3.8, 4) is 0 Å². The lowest BCUT2D eigenvalue weighted by Gasteiger charge is -1.95. The molecule has 0 fully saturated rings. The number of carbonyl (C=O) groups is 1. The largest absolute Gasteiger partial charge is 0.298 e. The summed E-state index contributed by atoms with van der Waals surface area (Å²) >= 11 is 0. The summed E-state index contributed by atoms with van der Waals surface area (Å²) in [7, 11) is 0.394. The molecule has 0 N–H and O–H groups in total. The number of carbonyl (C=O) groups excluding carboxylic acids is 1. The molecule has 0 atom stereocenters. The molecule has 0 saturated heterocycles. The smallest absolute Gasteiger partial charge is 0.169 e. The van der Waals surface area contributed by atoms with Gasteiger partial charge in [0.25, 0.3) is 0 Å². The highest BCUT2D eigenvalue weighted by molar-refractivity contribution is 7.97. The minimum atomic E-state index is 0.394. The van der Waals surface area contributed by atoms with Crippen molar-refractivity contribution >= 4 is 17.2 Å². The van der Waals surface area contributed by atoms with Crippen molar-refractivity contribution in [3.63, 3.8) is 0 Å². The highest BCUT2D eigenvalue weighted by atomic mass is 32.2. The summed E-state index contributed by atoms with van der Waals surface area (Å²) < 4.78 is 0. The third-order valence-electron chi connectivity index (χ3n) is 2.06. The van der Waals surface area contributed by atoms with Crippen molar-refractivity contribution in [2.45, 2.75) is 20.8 Å². The van der Waals surface area contributed by atoms with Crippen LogP contribution >= 0.6 is 0 Å². The first-order chi connectivity index (χ1) is 7.24. The van der Waals surface area contributed by atoms with E-state index in [1.807, 2.05) is 18.2 Å². The van der Waals surface area contributed by atoms with E-state index in [0.29, 0.717) is 10.9 Å². The van der Waals surface area contributed by atoms with E-state index in [0.717, 1.165) is 23.5 Å². The molecule has 0 aliphatic heterocycles. The Kier molecular flexibility index (Phi) is 9.29. The predicted octanol–water partition coefficient (Wildman–Crippen LogP) is 2.84. The van der Waals surface area contributed by atoms with Crippen molar-refractivity contribution in [2.24, 2.45) is 0 Å². The van der Waals surface area contributed by atoms with Gasteiger partial charge in [-0.15, -0.1) is 0 Å². The first-order valence-corrected chi connectivity index (χ1v) is 7.07. The first-order valence-electron chi connectivity index (χ1n) is 5.33. The van der Waals surface area contributed by atoms with E-state index in [1.165, 1.54) is 5.56 Å². The average Bonchev–Trinajstić information content (AvgIpc) is 2.28. The van der Waals surface area contributed by atoms with E-state index < -0.39 is 0 Å².